The van der Waals surface area contributed by atoms with E-state index in [0.717, 1.165) is 35.4 Å². The molecule has 0 aliphatic heterocycles. The van der Waals surface area contributed by atoms with Gasteiger partial charge in [0.05, 0.1) is 32.7 Å². The first kappa shape index (κ1) is 27.8. The highest BCUT2D eigenvalue weighted by molar-refractivity contribution is 5.99. The van der Waals surface area contributed by atoms with E-state index in [-0.39, 0.29) is 18.4 Å². The summed E-state index contributed by atoms with van der Waals surface area (Å²) in [5, 5.41) is 2.95. The average molecular weight is 555 g/mol. The van der Waals surface area contributed by atoms with Crippen molar-refractivity contribution < 1.29 is 23.8 Å². The van der Waals surface area contributed by atoms with Crippen LogP contribution in [0.4, 0.5) is 5.95 Å². The van der Waals surface area contributed by atoms with Crippen LogP contribution in [0.15, 0.2) is 72.9 Å². The Balaban J connectivity index is 1.44. The van der Waals surface area contributed by atoms with E-state index in [4.69, 9.17) is 19.2 Å². The molecule has 1 saturated carbocycles. The summed E-state index contributed by atoms with van der Waals surface area (Å²) in [5.74, 6) is 2.11. The third kappa shape index (κ3) is 6.51. The summed E-state index contributed by atoms with van der Waals surface area (Å²) in [6.45, 7) is 2.44. The van der Waals surface area contributed by atoms with Gasteiger partial charge in [-0.2, -0.15) is 0 Å². The maximum absolute atomic E-state index is 13.4. The molecule has 1 aliphatic carbocycles. The van der Waals surface area contributed by atoms with Crippen molar-refractivity contribution in [3.8, 4) is 34.2 Å². The number of methoxy groups -OCH3 is 3. The number of ether oxygens (including phenoxy) is 3. The lowest BCUT2D eigenvalue weighted by Crippen LogP contribution is -2.39. The minimum Gasteiger partial charge on any atom is -0.497 e. The monoisotopic (exact) mass is 554 g/mol. The van der Waals surface area contributed by atoms with Gasteiger partial charge < -0.3 is 19.1 Å². The molecule has 1 fully saturated rings. The molecule has 5 rings (SSSR count). The van der Waals surface area contributed by atoms with Crippen molar-refractivity contribution in [2.75, 3.05) is 39.7 Å². The van der Waals surface area contributed by atoms with Crippen LogP contribution in [0.3, 0.4) is 0 Å². The summed E-state index contributed by atoms with van der Waals surface area (Å²) in [7, 11) is 4.76. The molecule has 1 aliphatic rings. The van der Waals surface area contributed by atoms with E-state index in [9.17, 15) is 9.59 Å². The Morgan fingerprint density at radius 1 is 0.927 bits per heavy atom. The van der Waals surface area contributed by atoms with Crippen molar-refractivity contribution in [3.05, 3.63) is 84.1 Å². The van der Waals surface area contributed by atoms with Crippen molar-refractivity contribution in [1.82, 2.24) is 14.5 Å². The fourth-order valence-corrected chi connectivity index (χ4v) is 4.59. The number of nitrogens with zero attached hydrogens (tertiary/aromatic N) is 3. The van der Waals surface area contributed by atoms with Gasteiger partial charge in [-0.1, -0.05) is 17.7 Å². The van der Waals surface area contributed by atoms with Gasteiger partial charge in [0.2, 0.25) is 11.9 Å². The van der Waals surface area contributed by atoms with Gasteiger partial charge in [0.15, 0.2) is 11.5 Å². The number of hydrogen-bond acceptors (Lipinski definition) is 6. The maximum Gasteiger partial charge on any atom is 0.254 e. The molecule has 4 aromatic rings. The van der Waals surface area contributed by atoms with E-state index in [1.807, 2.05) is 61.7 Å². The number of nitrogens with one attached hydrogen (secondary N) is 1. The van der Waals surface area contributed by atoms with Crippen LogP contribution in [0, 0.1) is 12.8 Å². The molecule has 0 unspecified atom stereocenters. The second kappa shape index (κ2) is 12.2. The number of imidazole rings is 1. The largest absolute Gasteiger partial charge is 0.497 e. The van der Waals surface area contributed by atoms with Crippen molar-refractivity contribution >= 4 is 17.8 Å². The van der Waals surface area contributed by atoms with Crippen LogP contribution in [0.1, 0.15) is 28.8 Å². The zero-order valence-electron chi connectivity index (χ0n) is 23.7. The highest BCUT2D eigenvalue weighted by atomic mass is 16.5. The van der Waals surface area contributed by atoms with E-state index >= 15 is 0 Å². The Morgan fingerprint density at radius 3 is 2.27 bits per heavy atom. The molecule has 1 N–H and O–H groups in total. The summed E-state index contributed by atoms with van der Waals surface area (Å²) >= 11 is 0. The van der Waals surface area contributed by atoms with E-state index in [1.54, 1.807) is 49.0 Å². The molecule has 0 bridgehead atoms. The van der Waals surface area contributed by atoms with Crippen LogP contribution in [-0.2, 0) is 4.79 Å². The van der Waals surface area contributed by atoms with Crippen molar-refractivity contribution in [3.63, 3.8) is 0 Å². The van der Waals surface area contributed by atoms with Crippen LogP contribution in [-0.4, -0.2) is 60.7 Å². The smallest absolute Gasteiger partial charge is 0.254 e. The van der Waals surface area contributed by atoms with Gasteiger partial charge in [0, 0.05) is 29.9 Å². The quantitative estimate of drug-likeness (QED) is 0.268. The van der Waals surface area contributed by atoms with Gasteiger partial charge in [0.25, 0.3) is 5.91 Å². The third-order valence-corrected chi connectivity index (χ3v) is 7.08. The van der Waals surface area contributed by atoms with Crippen LogP contribution in [0.5, 0.6) is 17.2 Å². The minimum atomic E-state index is -0.334. The zero-order valence-corrected chi connectivity index (χ0v) is 23.7. The standard InChI is InChI=1S/C32H34N4O5/c1-21-5-9-24(10-6-21)31(38)35(18-22-7-8-22)20-30(37)34-32-33-27(23-11-14-26(39-2)15-12-23)19-36(32)25-13-16-28(40-3)29(17-25)41-4/h5-6,9-17,19,22H,7-8,18,20H2,1-4H3,(H,33,34,37). The lowest BCUT2D eigenvalue weighted by atomic mass is 10.1. The number of rotatable bonds is 11. The normalized spacial score (nSPS) is 12.5. The fourth-order valence-electron chi connectivity index (χ4n) is 4.59. The Morgan fingerprint density at radius 2 is 1.63 bits per heavy atom. The molecule has 0 spiro atoms. The fraction of sp³-hybridized carbons (Fsp3) is 0.281. The van der Waals surface area contributed by atoms with E-state index < -0.39 is 0 Å². The van der Waals surface area contributed by atoms with Gasteiger partial charge in [0.1, 0.15) is 12.3 Å². The summed E-state index contributed by atoms with van der Waals surface area (Å²) in [6.07, 6.45) is 3.97. The molecule has 9 heteroatoms. The van der Waals surface area contributed by atoms with Crippen LogP contribution < -0.4 is 19.5 Å². The van der Waals surface area contributed by atoms with E-state index in [0.29, 0.717) is 41.2 Å². The number of anilines is 1. The number of hydrogen-bond donors (Lipinski definition) is 1. The molecule has 2 amide bonds. The van der Waals surface area contributed by atoms with Crippen molar-refractivity contribution in [2.24, 2.45) is 5.92 Å². The number of carbonyl (C=O) groups excluding carboxylic acids is 2. The number of aryl methyl sites for hydroxylation is 1. The Hall–Kier alpha value is -4.79. The molecular weight excluding hydrogens is 520 g/mol. The summed E-state index contributed by atoms with van der Waals surface area (Å²) in [4.78, 5) is 33.2. The summed E-state index contributed by atoms with van der Waals surface area (Å²) in [5.41, 5.74) is 3.87. The van der Waals surface area contributed by atoms with Crippen LogP contribution >= 0.6 is 0 Å². The predicted octanol–water partition coefficient (Wildman–Crippen LogP) is 5.36. The molecular formula is C32H34N4O5. The van der Waals surface area contributed by atoms with Gasteiger partial charge >= 0.3 is 0 Å². The molecule has 212 valence electrons. The highest BCUT2D eigenvalue weighted by Crippen LogP contribution is 2.33. The van der Waals surface area contributed by atoms with Gasteiger partial charge in [-0.15, -0.1) is 0 Å². The summed E-state index contributed by atoms with van der Waals surface area (Å²) in [6, 6.07) is 20.4. The Bertz CT molecular complexity index is 1520. The van der Waals surface area contributed by atoms with Crippen LogP contribution in [0.2, 0.25) is 0 Å². The number of carbonyl (C=O) groups is 2. The second-order valence-electron chi connectivity index (χ2n) is 10.1. The SMILES string of the molecule is COc1ccc(-c2cn(-c3ccc(OC)c(OC)c3)c(NC(=O)CN(CC3CC3)C(=O)c3ccc(C)cc3)n2)cc1. The van der Waals surface area contributed by atoms with Gasteiger partial charge in [-0.05, 0) is 74.2 Å². The maximum atomic E-state index is 13.4. The highest BCUT2D eigenvalue weighted by Gasteiger charge is 2.29. The molecule has 41 heavy (non-hydrogen) atoms. The first-order valence-electron chi connectivity index (χ1n) is 13.5. The third-order valence-electron chi connectivity index (χ3n) is 7.08. The Kier molecular flexibility index (Phi) is 8.24. The number of benzene rings is 3. The minimum absolute atomic E-state index is 0.0835. The van der Waals surface area contributed by atoms with E-state index in [1.165, 1.54) is 0 Å². The van der Waals surface area contributed by atoms with Gasteiger partial charge in [-0.3, -0.25) is 19.5 Å². The molecule has 0 saturated heterocycles. The van der Waals surface area contributed by atoms with Crippen molar-refractivity contribution in [1.29, 1.82) is 0 Å². The molecule has 1 aromatic heterocycles. The number of aromatic nitrogens is 2. The topological polar surface area (TPSA) is 94.9 Å². The molecule has 9 nitrogen and oxygen atoms in total. The Labute approximate surface area is 239 Å². The van der Waals surface area contributed by atoms with Crippen LogP contribution in [0.25, 0.3) is 16.9 Å². The molecule has 0 atom stereocenters. The number of amides is 2. The van der Waals surface area contributed by atoms with Crippen molar-refractivity contribution in [2.45, 2.75) is 19.8 Å². The second-order valence-corrected chi connectivity index (χ2v) is 10.1. The lowest BCUT2D eigenvalue weighted by molar-refractivity contribution is -0.117. The average Bonchev–Trinajstić information content (AvgIpc) is 3.73. The first-order valence-corrected chi connectivity index (χ1v) is 13.5. The zero-order chi connectivity index (χ0) is 28.9. The summed E-state index contributed by atoms with van der Waals surface area (Å²) < 4.78 is 18.0. The predicted molar refractivity (Wildman–Crippen MR) is 157 cm³/mol. The first-order chi connectivity index (χ1) is 19.9. The van der Waals surface area contributed by atoms with Gasteiger partial charge in [-0.25, -0.2) is 4.98 Å². The molecule has 3 aromatic carbocycles. The lowest BCUT2D eigenvalue weighted by Gasteiger charge is -2.22. The van der Waals surface area contributed by atoms with E-state index in [2.05, 4.69) is 5.32 Å². The molecule has 1 heterocycles. The molecule has 0 radical (unpaired) electrons.